The largest absolute Gasteiger partial charge is 0.490 e. The van der Waals surface area contributed by atoms with E-state index in [2.05, 4.69) is 34.0 Å². The van der Waals surface area contributed by atoms with E-state index >= 15 is 0 Å². The molecule has 1 unspecified atom stereocenters. The first kappa shape index (κ1) is 38.8. The first-order valence-corrected chi connectivity index (χ1v) is 11.7. The number of halogens is 9. The molecule has 3 rings (SSSR count). The average molecular weight is 631 g/mol. The van der Waals surface area contributed by atoms with Crippen molar-refractivity contribution >= 4 is 17.9 Å². The Morgan fingerprint density at radius 2 is 1.33 bits per heavy atom. The molecule has 0 amide bonds. The maximum Gasteiger partial charge on any atom is 0.490 e. The molecule has 0 aliphatic carbocycles. The van der Waals surface area contributed by atoms with Crippen LogP contribution in [0, 0.1) is 11.3 Å². The van der Waals surface area contributed by atoms with E-state index in [0.717, 1.165) is 19.7 Å². The fourth-order valence-corrected chi connectivity index (χ4v) is 4.05. The summed E-state index contributed by atoms with van der Waals surface area (Å²) in [7, 11) is 4.07. The Labute approximate surface area is 233 Å². The Bertz CT molecular complexity index is 925. The van der Waals surface area contributed by atoms with Crippen LogP contribution in [0.4, 0.5) is 39.5 Å². The number of ether oxygens (including phenoxy) is 1. The van der Waals surface area contributed by atoms with Gasteiger partial charge in [-0.25, -0.2) is 14.4 Å². The summed E-state index contributed by atoms with van der Waals surface area (Å²) in [6, 6.07) is 6.20. The number of hydrogen-bond acceptors (Lipinski definition) is 7. The minimum atomic E-state index is -5.08. The van der Waals surface area contributed by atoms with Gasteiger partial charge in [-0.1, -0.05) is 6.07 Å². The normalized spacial score (nSPS) is 18.9. The molecular weight excluding hydrogens is 601 g/mol. The number of carboxylic acids is 3. The summed E-state index contributed by atoms with van der Waals surface area (Å²) >= 11 is 0. The number of hydrogen-bond donors (Lipinski definition) is 3. The van der Waals surface area contributed by atoms with Gasteiger partial charge in [-0.2, -0.15) is 39.5 Å². The number of carbonyl (C=O) groups is 3. The van der Waals surface area contributed by atoms with Gasteiger partial charge in [-0.15, -0.1) is 0 Å². The predicted octanol–water partition coefficient (Wildman–Crippen LogP) is 3.77. The van der Waals surface area contributed by atoms with Gasteiger partial charge in [0.05, 0.1) is 12.3 Å². The molecule has 0 bridgehead atoms. The number of nitrogens with zero attached hydrogens (tertiary/aromatic N) is 3. The van der Waals surface area contributed by atoms with Crippen molar-refractivity contribution in [3.63, 3.8) is 0 Å². The van der Waals surface area contributed by atoms with Crippen molar-refractivity contribution in [2.24, 2.45) is 11.3 Å². The van der Waals surface area contributed by atoms with Gasteiger partial charge in [-0.3, -0.25) is 9.88 Å². The predicted molar refractivity (Wildman–Crippen MR) is 125 cm³/mol. The molecule has 10 nitrogen and oxygen atoms in total. The lowest BCUT2D eigenvalue weighted by Gasteiger charge is -2.41. The van der Waals surface area contributed by atoms with E-state index in [4.69, 9.17) is 34.4 Å². The SMILES string of the molecule is COCC1CN(Cc2ccccn2)CC12CCN(C)CC2.O=C(O)C(F)(F)F.O=C(O)C(F)(F)F.O=C(O)C(F)(F)F. The quantitative estimate of drug-likeness (QED) is 0.421. The Morgan fingerprint density at radius 3 is 1.67 bits per heavy atom. The lowest BCUT2D eigenvalue weighted by Crippen LogP contribution is -2.43. The van der Waals surface area contributed by atoms with Gasteiger partial charge in [0.25, 0.3) is 0 Å². The molecule has 1 atom stereocenters. The highest BCUT2D eigenvalue weighted by Crippen LogP contribution is 2.44. The number of carboxylic acid groups (broad SMARTS) is 3. The third-order valence-corrected chi connectivity index (χ3v) is 6.07. The van der Waals surface area contributed by atoms with E-state index in [9.17, 15) is 39.5 Å². The van der Waals surface area contributed by atoms with Crippen LogP contribution >= 0.6 is 0 Å². The molecule has 0 aromatic carbocycles. The summed E-state index contributed by atoms with van der Waals surface area (Å²) in [4.78, 5) is 36.2. The molecule has 42 heavy (non-hydrogen) atoms. The summed E-state index contributed by atoms with van der Waals surface area (Å²) in [5.74, 6) is -7.60. The second kappa shape index (κ2) is 16.4. The van der Waals surface area contributed by atoms with Crippen molar-refractivity contribution < 1.29 is 74.0 Å². The topological polar surface area (TPSA) is 140 Å². The van der Waals surface area contributed by atoms with Crippen LogP contribution in [0.2, 0.25) is 0 Å². The second-order valence-electron chi connectivity index (χ2n) is 9.22. The third-order valence-electron chi connectivity index (χ3n) is 6.07. The first-order chi connectivity index (χ1) is 19.0. The van der Waals surface area contributed by atoms with Gasteiger partial charge in [0.15, 0.2) is 0 Å². The van der Waals surface area contributed by atoms with E-state index < -0.39 is 36.4 Å². The van der Waals surface area contributed by atoms with Gasteiger partial charge in [0, 0.05) is 38.9 Å². The van der Waals surface area contributed by atoms with Crippen molar-refractivity contribution in [1.29, 1.82) is 0 Å². The molecule has 0 radical (unpaired) electrons. The van der Waals surface area contributed by atoms with E-state index in [1.807, 2.05) is 19.4 Å². The molecule has 3 heterocycles. The van der Waals surface area contributed by atoms with E-state index in [0.29, 0.717) is 11.3 Å². The third kappa shape index (κ3) is 14.6. The summed E-state index contributed by atoms with van der Waals surface area (Å²) in [6.45, 7) is 6.65. The molecule has 242 valence electrons. The number of rotatable bonds is 4. The standard InChI is InChI=1S/C17H27N3O.3C2HF3O2/c1-19-9-6-17(7-10-19)14-20(11-15(17)13-21-2)12-16-5-3-4-8-18-16;3*3-2(4,5)1(6)7/h3-5,8,15H,6-7,9-14H2,1-2H3;3*(H,6,7). The maximum atomic E-state index is 10.6. The van der Waals surface area contributed by atoms with Crippen molar-refractivity contribution in [2.75, 3.05) is 46.9 Å². The van der Waals surface area contributed by atoms with E-state index in [1.165, 1.54) is 38.2 Å². The number of aliphatic carboxylic acids is 3. The molecule has 2 saturated heterocycles. The smallest absolute Gasteiger partial charge is 0.475 e. The fourth-order valence-electron chi connectivity index (χ4n) is 4.05. The molecule has 0 saturated carbocycles. The highest BCUT2D eigenvalue weighted by Gasteiger charge is 2.47. The molecule has 1 spiro atoms. The minimum absolute atomic E-state index is 0.456. The van der Waals surface area contributed by atoms with Gasteiger partial charge in [-0.05, 0) is 50.5 Å². The summed E-state index contributed by atoms with van der Waals surface area (Å²) in [5.41, 5.74) is 1.63. The molecule has 19 heteroatoms. The van der Waals surface area contributed by atoms with Crippen molar-refractivity contribution in [3.05, 3.63) is 30.1 Å². The number of methoxy groups -OCH3 is 1. The molecular formula is C23H30F9N3O7. The number of alkyl halides is 9. The lowest BCUT2D eigenvalue weighted by molar-refractivity contribution is -0.193. The highest BCUT2D eigenvalue weighted by atomic mass is 19.4. The molecule has 2 fully saturated rings. The van der Waals surface area contributed by atoms with Crippen LogP contribution in [-0.2, 0) is 25.7 Å². The zero-order chi connectivity index (χ0) is 32.9. The van der Waals surface area contributed by atoms with Crippen molar-refractivity contribution in [2.45, 2.75) is 37.9 Å². The summed E-state index contributed by atoms with van der Waals surface area (Å²) < 4.78 is 101. The Kier molecular flexibility index (Phi) is 15.2. The van der Waals surface area contributed by atoms with Gasteiger partial charge in [0.2, 0.25) is 0 Å². The zero-order valence-corrected chi connectivity index (χ0v) is 22.3. The minimum Gasteiger partial charge on any atom is -0.475 e. The van der Waals surface area contributed by atoms with E-state index in [1.54, 1.807) is 0 Å². The Balaban J connectivity index is 0.000000660. The zero-order valence-electron chi connectivity index (χ0n) is 22.3. The van der Waals surface area contributed by atoms with Gasteiger partial charge >= 0.3 is 36.4 Å². The fraction of sp³-hybridized carbons (Fsp3) is 0.652. The highest BCUT2D eigenvalue weighted by molar-refractivity contribution is 5.73. The Hall–Kier alpha value is -3.19. The van der Waals surface area contributed by atoms with Crippen molar-refractivity contribution in [1.82, 2.24) is 14.8 Å². The molecule has 3 N–H and O–H groups in total. The maximum absolute atomic E-state index is 10.6. The lowest BCUT2D eigenvalue weighted by atomic mass is 9.71. The monoisotopic (exact) mass is 631 g/mol. The molecule has 1 aromatic heterocycles. The molecule has 1 aromatic rings. The molecule has 2 aliphatic heterocycles. The number of aromatic nitrogens is 1. The van der Waals surface area contributed by atoms with Crippen molar-refractivity contribution in [3.8, 4) is 0 Å². The van der Waals surface area contributed by atoms with Crippen LogP contribution in [0.5, 0.6) is 0 Å². The van der Waals surface area contributed by atoms with Crippen LogP contribution in [0.1, 0.15) is 18.5 Å². The average Bonchev–Trinajstić information content (AvgIpc) is 3.17. The van der Waals surface area contributed by atoms with Crippen LogP contribution < -0.4 is 0 Å². The van der Waals surface area contributed by atoms with Gasteiger partial charge < -0.3 is 25.0 Å². The first-order valence-electron chi connectivity index (χ1n) is 11.7. The van der Waals surface area contributed by atoms with Crippen LogP contribution in [0.15, 0.2) is 24.4 Å². The number of pyridine rings is 1. The van der Waals surface area contributed by atoms with Crippen LogP contribution in [0.3, 0.4) is 0 Å². The number of piperidine rings is 1. The number of likely N-dealkylation sites (tertiary alicyclic amines) is 2. The van der Waals surface area contributed by atoms with Crippen LogP contribution in [-0.4, -0.2) is 113 Å². The van der Waals surface area contributed by atoms with E-state index in [-0.39, 0.29) is 0 Å². The second-order valence-corrected chi connectivity index (χ2v) is 9.22. The summed E-state index contributed by atoms with van der Waals surface area (Å²) in [5, 5.41) is 21.4. The van der Waals surface area contributed by atoms with Gasteiger partial charge in [0.1, 0.15) is 0 Å². The molecule has 2 aliphatic rings. The van der Waals surface area contributed by atoms with Crippen LogP contribution in [0.25, 0.3) is 0 Å². The summed E-state index contributed by atoms with van der Waals surface area (Å²) in [6.07, 6.45) is -10.8. The Morgan fingerprint density at radius 1 is 0.905 bits per heavy atom.